The standard InChI is InChI=1S/C29H21BrFN3O5S2/c1-14-2-9-18(10-3-14)34-27(36)23-22(24-26(33-29(38)41-24)40-25(23)28(34)37)19-12-15(30)4-11-20(19)39-13-21(35)32-17-7-5-16(31)6-8-17/h2-12,22-23,25H,13H2,1H3,(H,32,35)(H,33,38)/t22-,23-,25+/m0/s1. The van der Waals surface area contributed by atoms with E-state index in [1.165, 1.54) is 40.9 Å². The molecule has 3 heterocycles. The van der Waals surface area contributed by atoms with Crippen LogP contribution in [0.1, 0.15) is 21.9 Å². The number of aromatic amines is 1. The highest BCUT2D eigenvalue weighted by molar-refractivity contribution is 9.10. The van der Waals surface area contributed by atoms with Gasteiger partial charge in [0.15, 0.2) is 6.61 Å². The monoisotopic (exact) mass is 653 g/mol. The van der Waals surface area contributed by atoms with Crippen molar-refractivity contribution in [1.29, 1.82) is 0 Å². The quantitative estimate of drug-likeness (QED) is 0.268. The van der Waals surface area contributed by atoms with Crippen LogP contribution in [-0.2, 0) is 14.4 Å². The fraction of sp³-hybridized carbons (Fsp3) is 0.172. The van der Waals surface area contributed by atoms with Gasteiger partial charge in [-0.3, -0.25) is 19.2 Å². The van der Waals surface area contributed by atoms with Crippen molar-refractivity contribution in [1.82, 2.24) is 4.98 Å². The van der Waals surface area contributed by atoms with Gasteiger partial charge in [-0.1, -0.05) is 56.7 Å². The van der Waals surface area contributed by atoms with Crippen LogP contribution >= 0.6 is 39.0 Å². The van der Waals surface area contributed by atoms with E-state index in [9.17, 15) is 23.6 Å². The van der Waals surface area contributed by atoms with E-state index >= 15 is 0 Å². The summed E-state index contributed by atoms with van der Waals surface area (Å²) in [6.45, 7) is 1.56. The number of carbonyl (C=O) groups excluding carboxylic acids is 3. The molecule has 0 radical (unpaired) electrons. The molecule has 1 aromatic heterocycles. The van der Waals surface area contributed by atoms with Crippen LogP contribution in [0.2, 0.25) is 0 Å². The summed E-state index contributed by atoms with van der Waals surface area (Å²) in [4.78, 5) is 57.1. The summed E-state index contributed by atoms with van der Waals surface area (Å²) in [5, 5.41) is 2.43. The molecule has 1 saturated heterocycles. The Labute approximate surface area is 250 Å². The highest BCUT2D eigenvalue weighted by Gasteiger charge is 2.56. The van der Waals surface area contributed by atoms with Crippen molar-refractivity contribution < 1.29 is 23.5 Å². The van der Waals surface area contributed by atoms with E-state index in [1.54, 1.807) is 30.3 Å². The van der Waals surface area contributed by atoms with Gasteiger partial charge in [-0.15, -0.1) is 0 Å². The fourth-order valence-electron chi connectivity index (χ4n) is 5.07. The second kappa shape index (κ2) is 10.9. The minimum Gasteiger partial charge on any atom is -0.483 e. The third-order valence-corrected chi connectivity index (χ3v) is 9.80. The maximum absolute atomic E-state index is 14.0. The third kappa shape index (κ3) is 5.22. The summed E-state index contributed by atoms with van der Waals surface area (Å²) in [6.07, 6.45) is 0. The van der Waals surface area contributed by atoms with Crippen molar-refractivity contribution in [3.8, 4) is 5.75 Å². The van der Waals surface area contributed by atoms with Crippen LogP contribution in [0.15, 0.2) is 81.0 Å². The molecule has 8 nitrogen and oxygen atoms in total. The third-order valence-electron chi connectivity index (χ3n) is 6.91. The number of hydrogen-bond acceptors (Lipinski definition) is 7. The maximum atomic E-state index is 14.0. The van der Waals surface area contributed by atoms with Crippen LogP contribution in [0, 0.1) is 18.7 Å². The molecule has 41 heavy (non-hydrogen) atoms. The van der Waals surface area contributed by atoms with Crippen LogP contribution in [0.5, 0.6) is 5.75 Å². The van der Waals surface area contributed by atoms with Crippen LogP contribution < -0.4 is 19.8 Å². The van der Waals surface area contributed by atoms with Crippen molar-refractivity contribution in [3.63, 3.8) is 0 Å². The van der Waals surface area contributed by atoms with Crippen molar-refractivity contribution in [3.05, 3.63) is 103 Å². The number of rotatable bonds is 6. The number of carbonyl (C=O) groups is 3. The van der Waals surface area contributed by atoms with Crippen molar-refractivity contribution in [2.45, 2.75) is 23.1 Å². The Morgan fingerprint density at radius 2 is 1.78 bits per heavy atom. The molecule has 0 spiro atoms. The smallest absolute Gasteiger partial charge is 0.305 e. The molecule has 0 saturated carbocycles. The van der Waals surface area contributed by atoms with Gasteiger partial charge in [0.2, 0.25) is 11.8 Å². The molecule has 0 unspecified atom stereocenters. The Balaban J connectivity index is 1.36. The number of imide groups is 1. The van der Waals surface area contributed by atoms with Gasteiger partial charge in [0.25, 0.3) is 5.91 Å². The Bertz CT molecular complexity index is 1740. The molecule has 2 N–H and O–H groups in total. The first-order chi connectivity index (χ1) is 19.7. The average molecular weight is 655 g/mol. The molecule has 208 valence electrons. The summed E-state index contributed by atoms with van der Waals surface area (Å²) in [7, 11) is 0. The van der Waals surface area contributed by atoms with Crippen LogP contribution in [0.3, 0.4) is 0 Å². The molecule has 3 amide bonds. The second-order valence-electron chi connectivity index (χ2n) is 9.62. The van der Waals surface area contributed by atoms with Crippen LogP contribution in [0.4, 0.5) is 15.8 Å². The van der Waals surface area contributed by atoms with Crippen molar-refractivity contribution >= 4 is 68.1 Å². The van der Waals surface area contributed by atoms with Crippen LogP contribution in [0.25, 0.3) is 0 Å². The first kappa shape index (κ1) is 27.4. The van der Waals surface area contributed by atoms with E-state index in [4.69, 9.17) is 4.74 Å². The number of thiazole rings is 1. The highest BCUT2D eigenvalue weighted by atomic mass is 79.9. The Hall–Kier alpha value is -3.74. The van der Waals surface area contributed by atoms with Gasteiger partial charge in [0, 0.05) is 26.5 Å². The van der Waals surface area contributed by atoms with E-state index in [0.717, 1.165) is 16.9 Å². The Morgan fingerprint density at radius 3 is 2.51 bits per heavy atom. The number of hydrogen-bond donors (Lipinski definition) is 2. The SMILES string of the molecule is Cc1ccc(N2C(=O)[C@H]3[C@H](c4cc(Br)ccc4OCC(=O)Nc4ccc(F)cc4)c4sc(=O)[nH]c4S[C@H]3C2=O)cc1. The summed E-state index contributed by atoms with van der Waals surface area (Å²) in [5.41, 5.74) is 2.46. The van der Waals surface area contributed by atoms with Gasteiger partial charge < -0.3 is 15.0 Å². The number of aromatic nitrogens is 1. The molecular formula is C29H21BrFN3O5S2. The van der Waals surface area contributed by atoms with Gasteiger partial charge in [-0.2, -0.15) is 0 Å². The molecule has 4 aromatic rings. The van der Waals surface area contributed by atoms with Gasteiger partial charge in [-0.25, -0.2) is 9.29 Å². The van der Waals surface area contributed by atoms with E-state index in [-0.39, 0.29) is 23.3 Å². The molecule has 3 aromatic carbocycles. The van der Waals surface area contributed by atoms with Gasteiger partial charge in [0.05, 0.1) is 16.6 Å². The highest BCUT2D eigenvalue weighted by Crippen LogP contribution is 2.54. The molecule has 1 fully saturated rings. The molecule has 2 aliphatic rings. The first-order valence-corrected chi connectivity index (χ1v) is 15.0. The predicted octanol–water partition coefficient (Wildman–Crippen LogP) is 5.46. The predicted molar refractivity (Wildman–Crippen MR) is 158 cm³/mol. The lowest BCUT2D eigenvalue weighted by Crippen LogP contribution is -2.32. The molecule has 6 rings (SSSR count). The summed E-state index contributed by atoms with van der Waals surface area (Å²) in [5.74, 6) is -2.76. The lowest BCUT2D eigenvalue weighted by Gasteiger charge is -2.31. The van der Waals surface area contributed by atoms with Gasteiger partial charge in [0.1, 0.15) is 16.8 Å². The zero-order chi connectivity index (χ0) is 28.8. The number of ether oxygens (including phenoxy) is 1. The van der Waals surface area contributed by atoms with Crippen LogP contribution in [-0.4, -0.2) is 34.6 Å². The number of fused-ring (bicyclic) bond motifs is 2. The number of nitrogens with zero attached hydrogens (tertiary/aromatic N) is 1. The summed E-state index contributed by atoms with van der Waals surface area (Å²) < 4.78 is 19.9. The zero-order valence-electron chi connectivity index (χ0n) is 21.4. The number of halogens is 2. The largest absolute Gasteiger partial charge is 0.483 e. The number of anilines is 2. The van der Waals surface area contributed by atoms with Crippen molar-refractivity contribution in [2.24, 2.45) is 5.92 Å². The molecule has 3 atom stereocenters. The number of nitrogens with one attached hydrogen (secondary N) is 2. The molecule has 2 aliphatic heterocycles. The molecule has 0 aliphatic carbocycles. The molecule has 0 bridgehead atoms. The normalized spacial score (nSPS) is 19.6. The summed E-state index contributed by atoms with van der Waals surface area (Å²) >= 11 is 5.68. The lowest BCUT2D eigenvalue weighted by atomic mass is 9.82. The summed E-state index contributed by atoms with van der Waals surface area (Å²) in [6, 6.07) is 17.7. The topological polar surface area (TPSA) is 109 Å². The van der Waals surface area contributed by atoms with E-state index in [0.29, 0.717) is 37.1 Å². The number of benzene rings is 3. The average Bonchev–Trinajstić information content (AvgIpc) is 3.44. The lowest BCUT2D eigenvalue weighted by molar-refractivity contribution is -0.122. The Kier molecular flexibility index (Phi) is 7.30. The van der Waals surface area contributed by atoms with E-state index < -0.39 is 28.8 Å². The van der Waals surface area contributed by atoms with Gasteiger partial charge in [-0.05, 0) is 61.5 Å². The number of amides is 3. The number of aryl methyl sites for hydroxylation is 1. The van der Waals surface area contributed by atoms with Crippen molar-refractivity contribution in [2.75, 3.05) is 16.8 Å². The van der Waals surface area contributed by atoms with E-state index in [1.807, 2.05) is 19.1 Å². The fourth-order valence-corrected chi connectivity index (χ4v) is 7.95. The molecular weight excluding hydrogens is 633 g/mol. The van der Waals surface area contributed by atoms with E-state index in [2.05, 4.69) is 26.2 Å². The maximum Gasteiger partial charge on any atom is 0.305 e. The van der Waals surface area contributed by atoms with Gasteiger partial charge >= 0.3 is 4.87 Å². The minimum absolute atomic E-state index is 0.293. The number of thioether (sulfide) groups is 1. The number of H-pyrrole nitrogens is 1. The zero-order valence-corrected chi connectivity index (χ0v) is 24.6. The minimum atomic E-state index is -0.808. The Morgan fingerprint density at radius 1 is 1.05 bits per heavy atom. The second-order valence-corrected chi connectivity index (χ2v) is 12.7. The first-order valence-electron chi connectivity index (χ1n) is 12.5. The molecule has 12 heteroatoms.